The van der Waals surface area contributed by atoms with Crippen LogP contribution in [-0.4, -0.2) is 83.4 Å². The second-order valence-electron chi connectivity index (χ2n) is 11.3. The third kappa shape index (κ3) is 6.51. The number of ether oxygens (including phenoxy) is 3. The standard InChI is InChI=1S/C30H38BrN3O7/c1-7-33(8-2)28(37)18-14-20-19-10-9-11-22-26(19)21(15-23(20)32(6)16-18)27(31)34(22)29(38)40-17-39-24(35)12-13-25(36)41-30(3,4)5/h9-11,14,18,23H,7-8,12-13,15-17H2,1-6H3. The highest BCUT2D eigenvalue weighted by atomic mass is 79.9. The Morgan fingerprint density at radius 3 is 2.39 bits per heavy atom. The van der Waals surface area contributed by atoms with Crippen LogP contribution >= 0.6 is 15.9 Å². The zero-order valence-corrected chi connectivity index (χ0v) is 26.1. The number of rotatable bonds is 8. The average Bonchev–Trinajstić information content (AvgIpc) is 3.19. The van der Waals surface area contributed by atoms with E-state index >= 15 is 0 Å². The molecule has 2 aromatic rings. The van der Waals surface area contributed by atoms with E-state index in [9.17, 15) is 19.2 Å². The van der Waals surface area contributed by atoms with Crippen LogP contribution in [0.5, 0.6) is 0 Å². The van der Waals surface area contributed by atoms with Crippen molar-refractivity contribution in [2.24, 2.45) is 5.92 Å². The van der Waals surface area contributed by atoms with Crippen molar-refractivity contribution in [1.82, 2.24) is 14.4 Å². The van der Waals surface area contributed by atoms with Crippen molar-refractivity contribution in [3.05, 3.63) is 40.0 Å². The minimum Gasteiger partial charge on any atom is -0.460 e. The van der Waals surface area contributed by atoms with Gasteiger partial charge in [-0.2, -0.15) is 0 Å². The highest BCUT2D eigenvalue weighted by Gasteiger charge is 2.38. The molecule has 4 rings (SSSR count). The number of benzene rings is 1. The molecule has 1 aromatic heterocycles. The third-order valence-electron chi connectivity index (χ3n) is 7.43. The molecule has 0 saturated carbocycles. The summed E-state index contributed by atoms with van der Waals surface area (Å²) in [7, 11) is 2.03. The maximum Gasteiger partial charge on any atom is 0.422 e. The molecule has 2 aliphatic rings. The van der Waals surface area contributed by atoms with Gasteiger partial charge in [0.25, 0.3) is 0 Å². The number of fused-ring (bicyclic) bond motifs is 2. The molecule has 1 aromatic carbocycles. The van der Waals surface area contributed by atoms with E-state index in [1.54, 1.807) is 20.8 Å². The normalized spacial score (nSPS) is 18.4. The van der Waals surface area contributed by atoms with Crippen molar-refractivity contribution in [3.63, 3.8) is 0 Å². The molecular formula is C30H38BrN3O7. The zero-order valence-electron chi connectivity index (χ0n) is 24.5. The molecule has 0 N–H and O–H groups in total. The van der Waals surface area contributed by atoms with Crippen LogP contribution in [0.2, 0.25) is 0 Å². The summed E-state index contributed by atoms with van der Waals surface area (Å²) >= 11 is 3.62. The molecule has 222 valence electrons. The van der Waals surface area contributed by atoms with Crippen LogP contribution in [0.25, 0.3) is 16.5 Å². The molecule has 2 atom stereocenters. The minimum atomic E-state index is -0.702. The van der Waals surface area contributed by atoms with E-state index in [0.29, 0.717) is 36.2 Å². The number of carbonyl (C=O) groups excluding carboxylic acids is 4. The van der Waals surface area contributed by atoms with E-state index in [-0.39, 0.29) is 30.7 Å². The summed E-state index contributed by atoms with van der Waals surface area (Å²) in [6, 6.07) is 5.81. The maximum absolute atomic E-state index is 13.2. The van der Waals surface area contributed by atoms with Crippen molar-refractivity contribution in [1.29, 1.82) is 0 Å². The van der Waals surface area contributed by atoms with Gasteiger partial charge in [0.05, 0.1) is 28.9 Å². The maximum atomic E-state index is 13.2. The van der Waals surface area contributed by atoms with Crippen molar-refractivity contribution in [3.8, 4) is 0 Å². The first-order chi connectivity index (χ1) is 19.4. The first kappa shape index (κ1) is 30.8. The lowest BCUT2D eigenvalue weighted by Crippen LogP contribution is -2.47. The van der Waals surface area contributed by atoms with E-state index in [4.69, 9.17) is 14.2 Å². The van der Waals surface area contributed by atoms with Crippen LogP contribution < -0.4 is 0 Å². The molecule has 41 heavy (non-hydrogen) atoms. The molecule has 1 amide bonds. The van der Waals surface area contributed by atoms with Gasteiger partial charge >= 0.3 is 18.0 Å². The first-order valence-electron chi connectivity index (χ1n) is 13.9. The number of carbonyl (C=O) groups is 4. The Morgan fingerprint density at radius 2 is 1.73 bits per heavy atom. The van der Waals surface area contributed by atoms with E-state index in [2.05, 4.69) is 26.9 Å². The predicted octanol–water partition coefficient (Wildman–Crippen LogP) is 4.75. The molecule has 10 nitrogen and oxygen atoms in total. The second-order valence-corrected chi connectivity index (χ2v) is 12.1. The molecule has 1 aliphatic heterocycles. The van der Waals surface area contributed by atoms with Gasteiger partial charge in [-0.1, -0.05) is 18.2 Å². The van der Waals surface area contributed by atoms with Gasteiger partial charge in [-0.3, -0.25) is 19.3 Å². The molecule has 0 fully saturated rings. The van der Waals surface area contributed by atoms with E-state index in [1.807, 2.05) is 44.0 Å². The lowest BCUT2D eigenvalue weighted by molar-refractivity contribution is -0.160. The minimum absolute atomic E-state index is 0.0583. The van der Waals surface area contributed by atoms with E-state index in [1.165, 1.54) is 4.57 Å². The Morgan fingerprint density at radius 1 is 1.05 bits per heavy atom. The van der Waals surface area contributed by atoms with Gasteiger partial charge in [0, 0.05) is 31.1 Å². The number of esters is 2. The Kier molecular flexibility index (Phi) is 9.28. The van der Waals surface area contributed by atoms with E-state index in [0.717, 1.165) is 22.1 Å². The molecular weight excluding hydrogens is 594 g/mol. The van der Waals surface area contributed by atoms with E-state index < -0.39 is 30.4 Å². The molecule has 0 saturated heterocycles. The Hall–Kier alpha value is -3.18. The van der Waals surface area contributed by atoms with Crippen LogP contribution in [0.3, 0.4) is 0 Å². The second kappa shape index (κ2) is 12.4. The molecule has 0 bridgehead atoms. The molecule has 2 heterocycles. The number of halogens is 1. The van der Waals surface area contributed by atoms with Crippen molar-refractivity contribution >= 4 is 56.3 Å². The number of hydrogen-bond acceptors (Lipinski definition) is 8. The van der Waals surface area contributed by atoms with Crippen molar-refractivity contribution in [2.45, 2.75) is 65.5 Å². The van der Waals surface area contributed by atoms with Crippen molar-refractivity contribution in [2.75, 3.05) is 33.5 Å². The van der Waals surface area contributed by atoms with Gasteiger partial charge in [-0.25, -0.2) is 9.36 Å². The first-order valence-corrected chi connectivity index (χ1v) is 14.7. The van der Waals surface area contributed by atoms with Crippen LogP contribution in [-0.2, 0) is 35.0 Å². The Labute approximate surface area is 248 Å². The Bertz CT molecular complexity index is 1390. The monoisotopic (exact) mass is 631 g/mol. The number of likely N-dealkylation sites (N-methyl/N-ethyl adjacent to an activating group) is 1. The lowest BCUT2D eigenvalue weighted by Gasteiger charge is -2.40. The summed E-state index contributed by atoms with van der Waals surface area (Å²) in [5.74, 6) is -1.31. The largest absolute Gasteiger partial charge is 0.460 e. The molecule has 0 spiro atoms. The summed E-state index contributed by atoms with van der Waals surface area (Å²) in [6.07, 6.45) is 1.74. The topological polar surface area (TPSA) is 107 Å². The molecule has 2 unspecified atom stereocenters. The van der Waals surface area contributed by atoms with Crippen LogP contribution in [0, 0.1) is 5.92 Å². The third-order valence-corrected chi connectivity index (χ3v) is 8.26. The smallest absolute Gasteiger partial charge is 0.422 e. The fraction of sp³-hybridized carbons (Fsp3) is 0.533. The quantitative estimate of drug-likeness (QED) is 0.303. The molecule has 11 heteroatoms. The highest BCUT2D eigenvalue weighted by Crippen LogP contribution is 2.45. The van der Waals surface area contributed by atoms with Gasteiger partial charge in [-0.05, 0) is 86.8 Å². The summed E-state index contributed by atoms with van der Waals surface area (Å²) < 4.78 is 17.5. The van der Waals surface area contributed by atoms with Gasteiger partial charge in [0.15, 0.2) is 0 Å². The van der Waals surface area contributed by atoms with Crippen LogP contribution in [0.1, 0.15) is 58.6 Å². The number of nitrogens with zero attached hydrogens (tertiary/aromatic N) is 3. The molecule has 1 aliphatic carbocycles. The number of aromatic nitrogens is 1. The highest BCUT2D eigenvalue weighted by molar-refractivity contribution is 9.10. The summed E-state index contributed by atoms with van der Waals surface area (Å²) in [5.41, 5.74) is 3.06. The summed E-state index contributed by atoms with van der Waals surface area (Å²) in [4.78, 5) is 54.4. The fourth-order valence-corrected chi connectivity index (χ4v) is 6.27. The predicted molar refractivity (Wildman–Crippen MR) is 157 cm³/mol. The SMILES string of the molecule is CCN(CC)C(=O)C1C=C2c3cccc4c3c(c(Br)n4C(=O)OCOC(=O)CCC(=O)OC(C)(C)C)CC2N(C)C1. The summed E-state index contributed by atoms with van der Waals surface area (Å²) in [6.45, 7) is 10.6. The van der Waals surface area contributed by atoms with Crippen LogP contribution in [0.4, 0.5) is 4.79 Å². The number of amides is 1. The summed E-state index contributed by atoms with van der Waals surface area (Å²) in [5, 5.41) is 0.928. The van der Waals surface area contributed by atoms with Gasteiger partial charge < -0.3 is 19.1 Å². The van der Waals surface area contributed by atoms with Crippen molar-refractivity contribution < 1.29 is 33.4 Å². The van der Waals surface area contributed by atoms with Crippen LogP contribution in [0.15, 0.2) is 28.9 Å². The number of hydrogen-bond donors (Lipinski definition) is 0. The molecule has 0 radical (unpaired) electrons. The van der Waals surface area contributed by atoms with Gasteiger partial charge in [0.1, 0.15) is 5.60 Å². The Balaban J connectivity index is 1.51. The lowest BCUT2D eigenvalue weighted by atomic mass is 9.79. The van der Waals surface area contributed by atoms with Gasteiger partial charge in [-0.15, -0.1) is 0 Å². The average molecular weight is 633 g/mol. The zero-order chi connectivity index (χ0) is 30.1. The fourth-order valence-electron chi connectivity index (χ4n) is 5.57. The van der Waals surface area contributed by atoms with Gasteiger partial charge in [0.2, 0.25) is 12.7 Å².